The van der Waals surface area contributed by atoms with Crippen molar-refractivity contribution in [2.24, 2.45) is 4.99 Å². The van der Waals surface area contributed by atoms with Gasteiger partial charge in [0, 0.05) is 31.5 Å². The van der Waals surface area contributed by atoms with Crippen LogP contribution in [-0.4, -0.2) is 43.8 Å². The smallest absolute Gasteiger partial charge is 0.153 e. The topological polar surface area (TPSA) is 28.1 Å². The van der Waals surface area contributed by atoms with Crippen molar-refractivity contribution in [3.8, 4) is 11.5 Å². The van der Waals surface area contributed by atoms with E-state index in [0.717, 1.165) is 42.4 Å². The number of benzene rings is 2. The van der Waals surface area contributed by atoms with Crippen molar-refractivity contribution in [3.05, 3.63) is 48.0 Å². The molecule has 1 saturated heterocycles. The lowest BCUT2D eigenvalue weighted by Crippen LogP contribution is -2.31. The van der Waals surface area contributed by atoms with E-state index in [-0.39, 0.29) is 0 Å². The van der Waals surface area contributed by atoms with Gasteiger partial charge in [0.05, 0.1) is 5.56 Å². The number of para-hydroxylation sites is 2. The maximum Gasteiger partial charge on any atom is 0.153 e. The Morgan fingerprint density at radius 2 is 1.79 bits per heavy atom. The van der Waals surface area contributed by atoms with Gasteiger partial charge in [0.1, 0.15) is 11.4 Å². The average molecular weight is 378 g/mol. The third-order valence-corrected chi connectivity index (χ3v) is 5.72. The number of nitrogens with zero attached hydrogens (tertiary/aromatic N) is 3. The largest absolute Gasteiger partial charge is 0.454 e. The molecule has 0 spiro atoms. The zero-order valence-corrected chi connectivity index (χ0v) is 16.9. The molecule has 28 heavy (non-hydrogen) atoms. The lowest BCUT2D eigenvalue weighted by atomic mass is 10.1. The molecule has 2 heterocycles. The number of anilines is 1. The van der Waals surface area contributed by atoms with E-state index in [1.807, 2.05) is 36.5 Å². The van der Waals surface area contributed by atoms with Crippen molar-refractivity contribution in [1.29, 1.82) is 0 Å². The minimum absolute atomic E-state index is 0.823. The number of hydrogen-bond acceptors (Lipinski definition) is 4. The van der Waals surface area contributed by atoms with Gasteiger partial charge in [0.25, 0.3) is 0 Å². The molecule has 1 fully saturated rings. The van der Waals surface area contributed by atoms with E-state index >= 15 is 0 Å². The Labute approximate surface area is 168 Å². The van der Waals surface area contributed by atoms with Crippen LogP contribution in [-0.2, 0) is 0 Å². The molecule has 0 N–H and O–H groups in total. The van der Waals surface area contributed by atoms with Crippen LogP contribution in [0.1, 0.15) is 44.6 Å². The number of ether oxygens (including phenoxy) is 1. The fraction of sp³-hybridized carbons (Fsp3) is 0.458. The van der Waals surface area contributed by atoms with Gasteiger partial charge in [0.15, 0.2) is 5.75 Å². The summed E-state index contributed by atoms with van der Waals surface area (Å²) in [6, 6.07) is 14.3. The van der Waals surface area contributed by atoms with Crippen LogP contribution in [0.15, 0.2) is 47.5 Å². The van der Waals surface area contributed by atoms with E-state index in [1.165, 1.54) is 50.9 Å². The first-order valence-corrected chi connectivity index (χ1v) is 10.8. The Hall–Kier alpha value is -2.33. The van der Waals surface area contributed by atoms with E-state index < -0.39 is 0 Å². The monoisotopic (exact) mass is 377 g/mol. The normalized spacial score (nSPS) is 16.7. The molecule has 2 aromatic rings. The van der Waals surface area contributed by atoms with Crippen molar-refractivity contribution in [2.45, 2.75) is 39.0 Å². The van der Waals surface area contributed by atoms with Gasteiger partial charge in [-0.2, -0.15) is 0 Å². The second kappa shape index (κ2) is 9.24. The molecule has 4 nitrogen and oxygen atoms in total. The maximum absolute atomic E-state index is 6.20. The average Bonchev–Trinajstić information content (AvgIpc) is 3.07. The summed E-state index contributed by atoms with van der Waals surface area (Å²) in [5.74, 6) is 1.72. The molecule has 0 aliphatic carbocycles. The minimum atomic E-state index is 0.823. The molecule has 0 amide bonds. The highest BCUT2D eigenvalue weighted by molar-refractivity contribution is 5.94. The van der Waals surface area contributed by atoms with Crippen molar-refractivity contribution in [2.75, 3.05) is 37.6 Å². The summed E-state index contributed by atoms with van der Waals surface area (Å²) < 4.78 is 6.20. The van der Waals surface area contributed by atoms with Crippen molar-refractivity contribution < 1.29 is 4.74 Å². The molecule has 0 aromatic heterocycles. The number of fused-ring (bicyclic) bond motifs is 2. The molecule has 2 aliphatic rings. The Bertz CT molecular complexity index is 817. The van der Waals surface area contributed by atoms with Gasteiger partial charge in [0.2, 0.25) is 0 Å². The number of aliphatic imine (C=N–C) groups is 1. The predicted molar refractivity (Wildman–Crippen MR) is 118 cm³/mol. The highest BCUT2D eigenvalue weighted by Gasteiger charge is 2.20. The molecule has 0 unspecified atom stereocenters. The summed E-state index contributed by atoms with van der Waals surface area (Å²) in [6.45, 7) is 7.99. The van der Waals surface area contributed by atoms with Gasteiger partial charge in [-0.25, -0.2) is 0 Å². The Balaban J connectivity index is 1.48. The van der Waals surface area contributed by atoms with E-state index in [4.69, 9.17) is 9.73 Å². The third-order valence-electron chi connectivity index (χ3n) is 5.72. The van der Waals surface area contributed by atoms with E-state index in [9.17, 15) is 0 Å². The first-order chi connectivity index (χ1) is 13.8. The molecular formula is C24H31N3O. The number of hydrogen-bond donors (Lipinski definition) is 0. The summed E-state index contributed by atoms with van der Waals surface area (Å²) in [6.07, 6.45) is 8.53. The van der Waals surface area contributed by atoms with Gasteiger partial charge in [-0.05, 0) is 50.2 Å². The van der Waals surface area contributed by atoms with E-state index in [2.05, 4.69) is 28.9 Å². The first-order valence-electron chi connectivity index (χ1n) is 10.8. The van der Waals surface area contributed by atoms with Crippen LogP contribution in [0.4, 0.5) is 11.4 Å². The zero-order valence-electron chi connectivity index (χ0n) is 16.9. The van der Waals surface area contributed by atoms with Crippen molar-refractivity contribution >= 4 is 17.6 Å². The Morgan fingerprint density at radius 1 is 0.893 bits per heavy atom. The summed E-state index contributed by atoms with van der Waals surface area (Å²) in [5.41, 5.74) is 3.22. The Morgan fingerprint density at radius 3 is 2.71 bits per heavy atom. The lowest BCUT2D eigenvalue weighted by Gasteiger charge is -2.26. The summed E-state index contributed by atoms with van der Waals surface area (Å²) in [4.78, 5) is 9.84. The minimum Gasteiger partial charge on any atom is -0.454 e. The van der Waals surface area contributed by atoms with Crippen molar-refractivity contribution in [3.63, 3.8) is 0 Å². The van der Waals surface area contributed by atoms with Crippen molar-refractivity contribution in [1.82, 2.24) is 4.90 Å². The van der Waals surface area contributed by atoms with Crippen LogP contribution in [0.2, 0.25) is 0 Å². The number of rotatable bonds is 6. The highest BCUT2D eigenvalue weighted by atomic mass is 16.5. The second-order valence-corrected chi connectivity index (χ2v) is 7.76. The molecule has 148 valence electrons. The zero-order chi connectivity index (χ0) is 19.2. The van der Waals surface area contributed by atoms with Crippen LogP contribution in [0.3, 0.4) is 0 Å². The fourth-order valence-corrected chi connectivity index (χ4v) is 4.13. The molecule has 4 heteroatoms. The van der Waals surface area contributed by atoms with Gasteiger partial charge >= 0.3 is 0 Å². The lowest BCUT2D eigenvalue weighted by molar-refractivity contribution is 0.286. The van der Waals surface area contributed by atoms with E-state index in [0.29, 0.717) is 0 Å². The summed E-state index contributed by atoms with van der Waals surface area (Å²) in [7, 11) is 0. The third kappa shape index (κ3) is 4.39. The second-order valence-electron chi connectivity index (χ2n) is 7.76. The molecule has 2 aliphatic heterocycles. The van der Waals surface area contributed by atoms with Gasteiger partial charge in [-0.15, -0.1) is 0 Å². The first kappa shape index (κ1) is 19.0. The summed E-state index contributed by atoms with van der Waals surface area (Å²) in [5, 5.41) is 0. The molecule has 4 rings (SSSR count). The molecule has 2 aromatic carbocycles. The summed E-state index contributed by atoms with van der Waals surface area (Å²) >= 11 is 0. The molecular weight excluding hydrogens is 346 g/mol. The molecule has 0 radical (unpaired) electrons. The SMILES string of the molecule is CCCCCCN1CCCN(c2cccc3c2C=Nc2ccccc2O3)CC1. The highest BCUT2D eigenvalue weighted by Crippen LogP contribution is 2.38. The molecule has 0 bridgehead atoms. The fourth-order valence-electron chi connectivity index (χ4n) is 4.13. The quantitative estimate of drug-likeness (QED) is 0.521. The molecule has 0 saturated carbocycles. The van der Waals surface area contributed by atoms with Gasteiger partial charge in [-0.3, -0.25) is 4.99 Å². The maximum atomic E-state index is 6.20. The van der Waals surface area contributed by atoms with Gasteiger partial charge in [-0.1, -0.05) is 44.4 Å². The Kier molecular flexibility index (Phi) is 6.27. The van der Waals surface area contributed by atoms with Crippen LogP contribution < -0.4 is 9.64 Å². The van der Waals surface area contributed by atoms with Crippen LogP contribution >= 0.6 is 0 Å². The van der Waals surface area contributed by atoms with Crippen LogP contribution in [0.5, 0.6) is 11.5 Å². The van der Waals surface area contributed by atoms with E-state index in [1.54, 1.807) is 0 Å². The standard InChI is InChI=1S/C24H31N3O/c1-2-3-4-7-14-26-15-9-16-27(18-17-26)22-11-8-13-23-20(22)19-25-21-10-5-6-12-24(21)28-23/h5-6,8,10-13,19H,2-4,7,9,14-18H2,1H3. The van der Waals surface area contributed by atoms with Crippen LogP contribution in [0.25, 0.3) is 0 Å². The predicted octanol–water partition coefficient (Wildman–Crippen LogP) is 5.64. The number of unbranched alkanes of at least 4 members (excludes halogenated alkanes) is 3. The van der Waals surface area contributed by atoms with Gasteiger partial charge < -0.3 is 14.5 Å². The molecule has 0 atom stereocenters. The van der Waals surface area contributed by atoms with Crippen LogP contribution in [0, 0.1) is 0 Å².